The van der Waals surface area contributed by atoms with Crippen molar-refractivity contribution in [1.82, 2.24) is 10.3 Å². The number of carbonyl (C=O) groups excluding carboxylic acids is 1. The summed E-state index contributed by atoms with van der Waals surface area (Å²) < 4.78 is 0. The molecule has 3 nitrogen and oxygen atoms in total. The molecular formula is C16H18N2O. The summed E-state index contributed by atoms with van der Waals surface area (Å²) in [6.45, 7) is 0.803. The average molecular weight is 254 g/mol. The van der Waals surface area contributed by atoms with E-state index in [9.17, 15) is 4.79 Å². The number of nitrogens with one attached hydrogen (secondary N) is 1. The normalized spacial score (nSPS) is 14.7. The maximum atomic E-state index is 11.9. The Labute approximate surface area is 113 Å². The van der Waals surface area contributed by atoms with Crippen LogP contribution in [0.2, 0.25) is 0 Å². The van der Waals surface area contributed by atoms with Crippen molar-refractivity contribution in [3.05, 3.63) is 42.1 Å². The SMILES string of the molecule is O=C(CCNC1CC1)Cc1ccc2ccccc2n1. The van der Waals surface area contributed by atoms with Gasteiger partial charge in [0.1, 0.15) is 5.78 Å². The highest BCUT2D eigenvalue weighted by Gasteiger charge is 2.20. The first-order chi connectivity index (χ1) is 9.31. The molecule has 0 atom stereocenters. The molecule has 19 heavy (non-hydrogen) atoms. The van der Waals surface area contributed by atoms with Crippen LogP contribution in [0.1, 0.15) is 25.0 Å². The molecule has 0 unspecified atom stereocenters. The Morgan fingerprint density at radius 1 is 1.21 bits per heavy atom. The molecule has 2 aromatic rings. The van der Waals surface area contributed by atoms with Crippen LogP contribution in [0.5, 0.6) is 0 Å². The number of nitrogens with zero attached hydrogens (tertiary/aromatic N) is 1. The second kappa shape index (κ2) is 5.49. The van der Waals surface area contributed by atoms with Crippen LogP contribution in [0.4, 0.5) is 0 Å². The lowest BCUT2D eigenvalue weighted by atomic mass is 10.1. The van der Waals surface area contributed by atoms with Gasteiger partial charge in [0.15, 0.2) is 0 Å². The molecule has 0 bridgehead atoms. The minimum absolute atomic E-state index is 0.260. The van der Waals surface area contributed by atoms with Gasteiger partial charge in [-0.15, -0.1) is 0 Å². The van der Waals surface area contributed by atoms with Crippen molar-refractivity contribution in [3.8, 4) is 0 Å². The van der Waals surface area contributed by atoms with Gasteiger partial charge < -0.3 is 5.32 Å². The fraction of sp³-hybridized carbons (Fsp3) is 0.375. The van der Waals surface area contributed by atoms with E-state index in [0.717, 1.165) is 23.1 Å². The molecule has 1 N–H and O–H groups in total. The van der Waals surface area contributed by atoms with E-state index in [1.54, 1.807) is 0 Å². The van der Waals surface area contributed by atoms with Crippen LogP contribution in [-0.4, -0.2) is 23.4 Å². The summed E-state index contributed by atoms with van der Waals surface area (Å²) in [6.07, 6.45) is 3.57. The molecule has 1 heterocycles. The van der Waals surface area contributed by atoms with Gasteiger partial charge in [-0.3, -0.25) is 9.78 Å². The zero-order chi connectivity index (χ0) is 13.1. The van der Waals surface area contributed by atoms with Crippen LogP contribution in [-0.2, 0) is 11.2 Å². The van der Waals surface area contributed by atoms with E-state index in [1.807, 2.05) is 36.4 Å². The molecule has 1 saturated carbocycles. The topological polar surface area (TPSA) is 42.0 Å². The molecule has 0 radical (unpaired) electrons. The molecule has 0 amide bonds. The Balaban J connectivity index is 1.58. The van der Waals surface area contributed by atoms with E-state index in [-0.39, 0.29) is 5.78 Å². The standard InChI is InChI=1S/C16H18N2O/c19-15(9-10-17-13-7-8-13)11-14-6-5-12-3-1-2-4-16(12)18-14/h1-6,13,17H,7-11H2. The third-order valence-corrected chi connectivity index (χ3v) is 3.45. The minimum Gasteiger partial charge on any atom is -0.314 e. The van der Waals surface area contributed by atoms with Gasteiger partial charge in [0.2, 0.25) is 0 Å². The van der Waals surface area contributed by atoms with Crippen LogP contribution < -0.4 is 5.32 Å². The fourth-order valence-corrected chi connectivity index (χ4v) is 2.20. The molecule has 0 saturated heterocycles. The first kappa shape index (κ1) is 12.3. The number of ketones is 1. The molecule has 3 rings (SSSR count). The van der Waals surface area contributed by atoms with E-state index in [2.05, 4.69) is 10.3 Å². The lowest BCUT2D eigenvalue weighted by Crippen LogP contribution is -2.21. The summed E-state index contributed by atoms with van der Waals surface area (Å²) in [7, 11) is 0. The lowest BCUT2D eigenvalue weighted by molar-refractivity contribution is -0.118. The van der Waals surface area contributed by atoms with Gasteiger partial charge in [0, 0.05) is 36.5 Å². The van der Waals surface area contributed by atoms with Crippen molar-refractivity contribution in [3.63, 3.8) is 0 Å². The molecule has 0 spiro atoms. The van der Waals surface area contributed by atoms with E-state index >= 15 is 0 Å². The van der Waals surface area contributed by atoms with Crippen molar-refractivity contribution in [2.45, 2.75) is 31.7 Å². The third kappa shape index (κ3) is 3.38. The zero-order valence-electron chi connectivity index (χ0n) is 10.9. The van der Waals surface area contributed by atoms with E-state index in [4.69, 9.17) is 0 Å². The Hall–Kier alpha value is -1.74. The third-order valence-electron chi connectivity index (χ3n) is 3.45. The highest BCUT2D eigenvalue weighted by Crippen LogP contribution is 2.18. The van der Waals surface area contributed by atoms with E-state index in [0.29, 0.717) is 18.9 Å². The van der Waals surface area contributed by atoms with Crippen LogP contribution in [0, 0.1) is 0 Å². The van der Waals surface area contributed by atoms with Crippen LogP contribution in [0.15, 0.2) is 36.4 Å². The fourth-order valence-electron chi connectivity index (χ4n) is 2.20. The summed E-state index contributed by atoms with van der Waals surface area (Å²) in [5.41, 5.74) is 1.83. The van der Waals surface area contributed by atoms with Crippen molar-refractivity contribution < 1.29 is 4.79 Å². The summed E-state index contributed by atoms with van der Waals surface area (Å²) in [4.78, 5) is 16.4. The monoisotopic (exact) mass is 254 g/mol. The summed E-state index contributed by atoms with van der Waals surface area (Å²) in [6, 6.07) is 12.7. The van der Waals surface area contributed by atoms with Gasteiger partial charge in [0.05, 0.1) is 5.52 Å². The Kier molecular flexibility index (Phi) is 3.56. The first-order valence-electron chi connectivity index (χ1n) is 6.91. The minimum atomic E-state index is 0.260. The van der Waals surface area contributed by atoms with Crippen molar-refractivity contribution in [1.29, 1.82) is 0 Å². The molecule has 1 aliphatic carbocycles. The highest BCUT2D eigenvalue weighted by molar-refractivity contribution is 5.82. The number of fused-ring (bicyclic) bond motifs is 1. The Morgan fingerprint density at radius 2 is 2.05 bits per heavy atom. The number of rotatable bonds is 6. The van der Waals surface area contributed by atoms with Gasteiger partial charge in [-0.2, -0.15) is 0 Å². The van der Waals surface area contributed by atoms with E-state index in [1.165, 1.54) is 12.8 Å². The van der Waals surface area contributed by atoms with Gasteiger partial charge in [0.25, 0.3) is 0 Å². The highest BCUT2D eigenvalue weighted by atomic mass is 16.1. The molecule has 98 valence electrons. The van der Waals surface area contributed by atoms with Gasteiger partial charge in [-0.1, -0.05) is 24.3 Å². The molecule has 1 aromatic heterocycles. The van der Waals surface area contributed by atoms with Gasteiger partial charge >= 0.3 is 0 Å². The maximum absolute atomic E-state index is 11.9. The smallest absolute Gasteiger partial charge is 0.140 e. The van der Waals surface area contributed by atoms with Crippen molar-refractivity contribution >= 4 is 16.7 Å². The van der Waals surface area contributed by atoms with Gasteiger partial charge in [-0.05, 0) is 25.0 Å². The number of hydrogen-bond donors (Lipinski definition) is 1. The molecule has 1 aliphatic rings. The number of hydrogen-bond acceptors (Lipinski definition) is 3. The molecule has 1 aromatic carbocycles. The molecule has 1 fully saturated rings. The Morgan fingerprint density at radius 3 is 2.89 bits per heavy atom. The van der Waals surface area contributed by atoms with Crippen molar-refractivity contribution in [2.24, 2.45) is 0 Å². The number of pyridine rings is 1. The average Bonchev–Trinajstić information content (AvgIpc) is 3.23. The van der Waals surface area contributed by atoms with Crippen LogP contribution in [0.25, 0.3) is 10.9 Å². The second-order valence-electron chi connectivity index (χ2n) is 5.19. The van der Waals surface area contributed by atoms with Crippen LogP contribution in [0.3, 0.4) is 0 Å². The number of Topliss-reactive ketones (excluding diaryl/α,β-unsaturated/α-hetero) is 1. The Bertz CT molecular complexity index is 590. The second-order valence-corrected chi connectivity index (χ2v) is 5.19. The maximum Gasteiger partial charge on any atom is 0.140 e. The number of carbonyl (C=O) groups is 1. The first-order valence-corrected chi connectivity index (χ1v) is 6.91. The lowest BCUT2D eigenvalue weighted by Gasteiger charge is -2.04. The van der Waals surface area contributed by atoms with E-state index < -0.39 is 0 Å². The number of benzene rings is 1. The number of para-hydroxylation sites is 1. The largest absolute Gasteiger partial charge is 0.314 e. The molecule has 3 heteroatoms. The summed E-state index contributed by atoms with van der Waals surface area (Å²) >= 11 is 0. The molecular weight excluding hydrogens is 236 g/mol. The quantitative estimate of drug-likeness (QED) is 0.861. The predicted octanol–water partition coefficient (Wildman–Crippen LogP) is 2.49. The van der Waals surface area contributed by atoms with Crippen LogP contribution >= 0.6 is 0 Å². The predicted molar refractivity (Wildman–Crippen MR) is 76.1 cm³/mol. The molecule has 0 aliphatic heterocycles. The number of aromatic nitrogens is 1. The summed E-state index contributed by atoms with van der Waals surface area (Å²) in [5.74, 6) is 0.260. The van der Waals surface area contributed by atoms with Crippen molar-refractivity contribution in [2.75, 3.05) is 6.54 Å². The van der Waals surface area contributed by atoms with Gasteiger partial charge in [-0.25, -0.2) is 0 Å². The zero-order valence-corrected chi connectivity index (χ0v) is 10.9. The summed E-state index contributed by atoms with van der Waals surface area (Å²) in [5, 5.41) is 4.48.